The van der Waals surface area contributed by atoms with Crippen LogP contribution >= 0.6 is 0 Å². The number of amides is 2. The Bertz CT molecular complexity index is 320. The molecule has 1 aromatic heterocycles. The quantitative estimate of drug-likeness (QED) is 0.612. The maximum Gasteiger partial charge on any atom is 0.317 e. The molecule has 5 nitrogen and oxygen atoms in total. The summed E-state index contributed by atoms with van der Waals surface area (Å²) in [6.07, 6.45) is 3.71. The van der Waals surface area contributed by atoms with Crippen molar-refractivity contribution in [3.63, 3.8) is 0 Å². The summed E-state index contributed by atoms with van der Waals surface area (Å²) < 4.78 is 2.07. The molecule has 1 aromatic rings. The molecule has 0 radical (unpaired) electrons. The Labute approximate surface area is 76.4 Å². The van der Waals surface area contributed by atoms with E-state index in [1.54, 1.807) is 18.1 Å². The lowest BCUT2D eigenvalue weighted by molar-refractivity contribution is 0.184. The molecule has 0 aromatic carbocycles. The Balaban J connectivity index is 2.13. The van der Waals surface area contributed by atoms with E-state index in [9.17, 15) is 4.79 Å². The Hall–Kier alpha value is -1.52. The summed E-state index contributed by atoms with van der Waals surface area (Å²) in [7, 11) is 1.64. The molecule has 0 aliphatic carbocycles. The van der Waals surface area contributed by atoms with Crippen LogP contribution in [-0.4, -0.2) is 34.1 Å². The first kappa shape index (κ1) is 8.10. The number of aromatic nitrogens is 2. The van der Waals surface area contributed by atoms with Crippen molar-refractivity contribution in [2.75, 3.05) is 13.6 Å². The number of fused-ring (bicyclic) bond motifs is 1. The number of hydrogen-bond donors (Lipinski definition) is 1. The van der Waals surface area contributed by atoms with E-state index in [1.807, 2.05) is 6.20 Å². The molecule has 0 atom stereocenters. The van der Waals surface area contributed by atoms with E-state index in [0.29, 0.717) is 6.54 Å². The average Bonchev–Trinajstić information content (AvgIpc) is 2.63. The third-order valence-electron chi connectivity index (χ3n) is 2.25. The molecule has 0 bridgehead atoms. The lowest BCUT2D eigenvalue weighted by atomic mass is 10.4. The van der Waals surface area contributed by atoms with E-state index in [4.69, 9.17) is 0 Å². The van der Waals surface area contributed by atoms with E-state index in [1.165, 1.54) is 0 Å². The van der Waals surface area contributed by atoms with Crippen LogP contribution in [0.2, 0.25) is 0 Å². The fraction of sp³-hybridized carbons (Fsp3) is 0.500. The topological polar surface area (TPSA) is 50.2 Å². The number of rotatable bonds is 0. The molecule has 13 heavy (non-hydrogen) atoms. The van der Waals surface area contributed by atoms with Crippen molar-refractivity contribution in [3.8, 4) is 0 Å². The van der Waals surface area contributed by atoms with Gasteiger partial charge in [-0.2, -0.15) is 0 Å². The number of nitrogens with one attached hydrogen (secondary N) is 1. The fourth-order valence-corrected chi connectivity index (χ4v) is 1.50. The van der Waals surface area contributed by atoms with Crippen LogP contribution in [0.25, 0.3) is 0 Å². The number of carbonyl (C=O) groups excluding carboxylic acids is 1. The van der Waals surface area contributed by atoms with Crippen molar-refractivity contribution in [1.29, 1.82) is 0 Å². The van der Waals surface area contributed by atoms with Gasteiger partial charge in [0, 0.05) is 32.5 Å². The summed E-state index contributed by atoms with van der Waals surface area (Å²) in [5.74, 6) is 0.954. The van der Waals surface area contributed by atoms with Gasteiger partial charge in [0.15, 0.2) is 0 Å². The summed E-state index contributed by atoms with van der Waals surface area (Å²) in [5.41, 5.74) is 0. The molecule has 5 heteroatoms. The van der Waals surface area contributed by atoms with Crippen molar-refractivity contribution < 1.29 is 4.79 Å². The molecular formula is C8H12N4O. The second-order valence-corrected chi connectivity index (χ2v) is 3.01. The standard InChI is InChI=1S/C8H12N4O/c1-9-8(13)12-5-4-11-3-2-10-7(11)6-12/h2-3H,4-6H2,1H3,(H,9,13). The molecule has 0 unspecified atom stereocenters. The van der Waals surface area contributed by atoms with Gasteiger partial charge in [0.05, 0.1) is 6.54 Å². The van der Waals surface area contributed by atoms with Gasteiger partial charge < -0.3 is 14.8 Å². The zero-order chi connectivity index (χ0) is 9.26. The first-order valence-corrected chi connectivity index (χ1v) is 4.28. The molecule has 0 fully saturated rings. The van der Waals surface area contributed by atoms with Crippen LogP contribution in [0, 0.1) is 0 Å². The molecule has 70 valence electrons. The Morgan fingerprint density at radius 1 is 1.62 bits per heavy atom. The van der Waals surface area contributed by atoms with Gasteiger partial charge >= 0.3 is 6.03 Å². The second kappa shape index (κ2) is 3.08. The molecule has 1 aliphatic heterocycles. The molecule has 2 heterocycles. The first-order chi connectivity index (χ1) is 6.31. The van der Waals surface area contributed by atoms with E-state index in [-0.39, 0.29) is 6.03 Å². The predicted molar refractivity (Wildman–Crippen MR) is 47.1 cm³/mol. The lowest BCUT2D eigenvalue weighted by Gasteiger charge is -2.27. The molecule has 0 spiro atoms. The summed E-state index contributed by atoms with van der Waals surface area (Å²) in [6.45, 7) is 2.19. The van der Waals surface area contributed by atoms with E-state index in [2.05, 4.69) is 14.9 Å². The van der Waals surface area contributed by atoms with Crippen molar-refractivity contribution in [3.05, 3.63) is 18.2 Å². The van der Waals surface area contributed by atoms with Gasteiger partial charge in [0.25, 0.3) is 0 Å². The van der Waals surface area contributed by atoms with Crippen molar-refractivity contribution in [1.82, 2.24) is 19.8 Å². The van der Waals surface area contributed by atoms with Crippen LogP contribution in [0.15, 0.2) is 12.4 Å². The minimum atomic E-state index is -0.0331. The monoisotopic (exact) mass is 180 g/mol. The maximum atomic E-state index is 11.3. The summed E-state index contributed by atoms with van der Waals surface area (Å²) in [4.78, 5) is 17.2. The highest BCUT2D eigenvalue weighted by atomic mass is 16.2. The van der Waals surface area contributed by atoms with E-state index < -0.39 is 0 Å². The number of carbonyl (C=O) groups is 1. The third kappa shape index (κ3) is 1.37. The van der Waals surface area contributed by atoms with Gasteiger partial charge in [0.1, 0.15) is 5.82 Å². The Morgan fingerprint density at radius 2 is 2.46 bits per heavy atom. The highest BCUT2D eigenvalue weighted by Gasteiger charge is 2.19. The minimum absolute atomic E-state index is 0.0331. The number of urea groups is 1. The second-order valence-electron chi connectivity index (χ2n) is 3.01. The van der Waals surface area contributed by atoms with Gasteiger partial charge in [0.2, 0.25) is 0 Å². The molecule has 0 saturated carbocycles. The average molecular weight is 180 g/mol. The number of nitrogens with zero attached hydrogens (tertiary/aromatic N) is 3. The predicted octanol–water partition coefficient (Wildman–Crippen LogP) is 0.0381. The number of hydrogen-bond acceptors (Lipinski definition) is 2. The highest BCUT2D eigenvalue weighted by Crippen LogP contribution is 2.09. The minimum Gasteiger partial charge on any atom is -0.341 e. The van der Waals surface area contributed by atoms with Crippen LogP contribution in [0.1, 0.15) is 5.82 Å². The van der Waals surface area contributed by atoms with Gasteiger partial charge in [-0.3, -0.25) is 0 Å². The third-order valence-corrected chi connectivity index (χ3v) is 2.25. The molecule has 0 saturated heterocycles. The summed E-state index contributed by atoms with van der Waals surface area (Å²) in [6, 6.07) is -0.0331. The Morgan fingerprint density at radius 3 is 3.23 bits per heavy atom. The largest absolute Gasteiger partial charge is 0.341 e. The normalized spacial score (nSPS) is 15.3. The molecular weight excluding hydrogens is 168 g/mol. The SMILES string of the molecule is CNC(=O)N1CCn2ccnc2C1. The van der Waals surface area contributed by atoms with Crippen molar-refractivity contribution in [2.24, 2.45) is 0 Å². The Kier molecular flexibility index (Phi) is 1.92. The number of imidazole rings is 1. The fourth-order valence-electron chi connectivity index (χ4n) is 1.50. The molecule has 1 N–H and O–H groups in total. The van der Waals surface area contributed by atoms with Crippen LogP contribution in [0.3, 0.4) is 0 Å². The molecule has 2 rings (SSSR count). The van der Waals surface area contributed by atoms with Crippen LogP contribution in [0.5, 0.6) is 0 Å². The highest BCUT2D eigenvalue weighted by molar-refractivity contribution is 5.73. The smallest absolute Gasteiger partial charge is 0.317 e. The maximum absolute atomic E-state index is 11.3. The van der Waals surface area contributed by atoms with Crippen LogP contribution < -0.4 is 5.32 Å². The summed E-state index contributed by atoms with van der Waals surface area (Å²) >= 11 is 0. The zero-order valence-corrected chi connectivity index (χ0v) is 7.53. The van der Waals surface area contributed by atoms with Gasteiger partial charge in [-0.15, -0.1) is 0 Å². The summed E-state index contributed by atoms with van der Waals surface area (Å²) in [5, 5.41) is 2.61. The van der Waals surface area contributed by atoms with Gasteiger partial charge in [-0.05, 0) is 0 Å². The first-order valence-electron chi connectivity index (χ1n) is 4.28. The molecule has 1 aliphatic rings. The van der Waals surface area contributed by atoms with E-state index in [0.717, 1.165) is 18.9 Å². The van der Waals surface area contributed by atoms with Crippen LogP contribution in [-0.2, 0) is 13.1 Å². The van der Waals surface area contributed by atoms with Gasteiger partial charge in [-0.25, -0.2) is 9.78 Å². The van der Waals surface area contributed by atoms with E-state index >= 15 is 0 Å². The van der Waals surface area contributed by atoms with Crippen molar-refractivity contribution >= 4 is 6.03 Å². The lowest BCUT2D eigenvalue weighted by Crippen LogP contribution is -2.42. The van der Waals surface area contributed by atoms with Crippen molar-refractivity contribution in [2.45, 2.75) is 13.1 Å². The van der Waals surface area contributed by atoms with Gasteiger partial charge in [-0.1, -0.05) is 0 Å². The van der Waals surface area contributed by atoms with Crippen LogP contribution in [0.4, 0.5) is 4.79 Å². The zero-order valence-electron chi connectivity index (χ0n) is 7.53. The molecule has 2 amide bonds.